The summed E-state index contributed by atoms with van der Waals surface area (Å²) in [5.74, 6) is 1.76. The normalized spacial score (nSPS) is 12.4. The molecule has 7 heteroatoms. The van der Waals surface area contributed by atoms with E-state index in [9.17, 15) is 9.59 Å². The second-order valence-electron chi connectivity index (χ2n) is 5.72. The molecule has 2 aromatic carbocycles. The third kappa shape index (κ3) is 4.66. The Morgan fingerprint density at radius 1 is 1.19 bits per heavy atom. The van der Waals surface area contributed by atoms with Crippen molar-refractivity contribution in [3.63, 3.8) is 0 Å². The van der Waals surface area contributed by atoms with E-state index in [1.54, 1.807) is 25.3 Å². The summed E-state index contributed by atoms with van der Waals surface area (Å²) in [6.45, 7) is 0.445. The fraction of sp³-hybridized carbons (Fsp3) is 0.263. The molecule has 0 atom stereocenters. The molecule has 2 aromatic rings. The SMILES string of the molecule is COc1ccc(OCCCC(=O)Nc2ccc3c(c2)NC(=O)CO3)cc1. The van der Waals surface area contributed by atoms with E-state index in [0.717, 1.165) is 11.5 Å². The molecular weight excluding hydrogens is 336 g/mol. The molecule has 2 amide bonds. The van der Waals surface area contributed by atoms with Crippen molar-refractivity contribution >= 4 is 23.2 Å². The lowest BCUT2D eigenvalue weighted by atomic mass is 10.2. The molecule has 26 heavy (non-hydrogen) atoms. The third-order valence-electron chi connectivity index (χ3n) is 3.77. The summed E-state index contributed by atoms with van der Waals surface area (Å²) in [4.78, 5) is 23.4. The van der Waals surface area contributed by atoms with Crippen molar-refractivity contribution in [2.75, 3.05) is 31.0 Å². The summed E-state index contributed by atoms with van der Waals surface area (Å²) in [7, 11) is 1.61. The quantitative estimate of drug-likeness (QED) is 0.745. The average Bonchev–Trinajstić information content (AvgIpc) is 2.65. The van der Waals surface area contributed by atoms with Crippen LogP contribution in [0.1, 0.15) is 12.8 Å². The van der Waals surface area contributed by atoms with Gasteiger partial charge < -0.3 is 24.8 Å². The number of ether oxygens (including phenoxy) is 3. The number of methoxy groups -OCH3 is 1. The van der Waals surface area contributed by atoms with Gasteiger partial charge in [0.2, 0.25) is 5.91 Å². The third-order valence-corrected chi connectivity index (χ3v) is 3.77. The largest absolute Gasteiger partial charge is 0.497 e. The minimum atomic E-state index is -0.211. The molecule has 7 nitrogen and oxygen atoms in total. The van der Waals surface area contributed by atoms with Crippen LogP contribution in [-0.4, -0.2) is 32.1 Å². The van der Waals surface area contributed by atoms with Gasteiger partial charge in [0.25, 0.3) is 5.91 Å². The fourth-order valence-electron chi connectivity index (χ4n) is 2.48. The molecule has 0 aromatic heterocycles. The summed E-state index contributed by atoms with van der Waals surface area (Å²) in [5.41, 5.74) is 1.16. The molecule has 1 heterocycles. The number of nitrogens with one attached hydrogen (secondary N) is 2. The van der Waals surface area contributed by atoms with Crippen LogP contribution < -0.4 is 24.8 Å². The number of carbonyl (C=O) groups excluding carboxylic acids is 2. The van der Waals surface area contributed by atoms with E-state index < -0.39 is 0 Å². The highest BCUT2D eigenvalue weighted by atomic mass is 16.5. The number of hydrogen-bond acceptors (Lipinski definition) is 5. The summed E-state index contributed by atoms with van der Waals surface area (Å²) >= 11 is 0. The first-order valence-electron chi connectivity index (χ1n) is 8.27. The van der Waals surface area contributed by atoms with Crippen molar-refractivity contribution in [2.24, 2.45) is 0 Å². The van der Waals surface area contributed by atoms with Gasteiger partial charge in [0, 0.05) is 12.1 Å². The van der Waals surface area contributed by atoms with Gasteiger partial charge >= 0.3 is 0 Å². The Morgan fingerprint density at radius 3 is 2.73 bits per heavy atom. The van der Waals surface area contributed by atoms with Crippen LogP contribution in [-0.2, 0) is 9.59 Å². The van der Waals surface area contributed by atoms with Gasteiger partial charge in [-0.15, -0.1) is 0 Å². The van der Waals surface area contributed by atoms with E-state index in [2.05, 4.69) is 10.6 Å². The molecule has 0 spiro atoms. The molecule has 0 fully saturated rings. The Balaban J connectivity index is 1.42. The van der Waals surface area contributed by atoms with Gasteiger partial charge in [-0.1, -0.05) is 0 Å². The molecule has 136 valence electrons. The Labute approximate surface area is 151 Å². The summed E-state index contributed by atoms with van der Waals surface area (Å²) < 4.78 is 16.0. The molecule has 1 aliphatic heterocycles. The highest BCUT2D eigenvalue weighted by Gasteiger charge is 2.16. The van der Waals surface area contributed by atoms with Gasteiger partial charge in [0.1, 0.15) is 17.2 Å². The Kier molecular flexibility index (Phi) is 5.58. The topological polar surface area (TPSA) is 85.9 Å². The van der Waals surface area contributed by atoms with E-state index >= 15 is 0 Å². The number of benzene rings is 2. The molecule has 0 aliphatic carbocycles. The maximum atomic E-state index is 12.0. The molecule has 0 bridgehead atoms. The van der Waals surface area contributed by atoms with Crippen LogP contribution in [0, 0.1) is 0 Å². The lowest BCUT2D eigenvalue weighted by molar-refractivity contribution is -0.118. The van der Waals surface area contributed by atoms with Crippen molar-refractivity contribution in [1.82, 2.24) is 0 Å². The molecule has 1 aliphatic rings. The van der Waals surface area contributed by atoms with Gasteiger partial charge in [-0.2, -0.15) is 0 Å². The van der Waals surface area contributed by atoms with Crippen molar-refractivity contribution in [3.05, 3.63) is 42.5 Å². The van der Waals surface area contributed by atoms with Crippen molar-refractivity contribution in [1.29, 1.82) is 0 Å². The first kappa shape index (κ1) is 17.6. The van der Waals surface area contributed by atoms with Gasteiger partial charge in [-0.05, 0) is 48.9 Å². The average molecular weight is 356 g/mol. The zero-order valence-electron chi connectivity index (χ0n) is 14.4. The molecule has 0 saturated heterocycles. The minimum absolute atomic E-state index is 0.00685. The van der Waals surface area contributed by atoms with Gasteiger partial charge in [-0.3, -0.25) is 9.59 Å². The predicted molar refractivity (Wildman–Crippen MR) is 96.9 cm³/mol. The maximum Gasteiger partial charge on any atom is 0.262 e. The maximum absolute atomic E-state index is 12.0. The highest BCUT2D eigenvalue weighted by Crippen LogP contribution is 2.30. The summed E-state index contributed by atoms with van der Waals surface area (Å²) in [6.07, 6.45) is 0.915. The monoisotopic (exact) mass is 356 g/mol. The molecule has 2 N–H and O–H groups in total. The Morgan fingerprint density at radius 2 is 1.96 bits per heavy atom. The number of hydrogen-bond donors (Lipinski definition) is 2. The molecule has 0 radical (unpaired) electrons. The van der Waals surface area contributed by atoms with Crippen LogP contribution in [0.4, 0.5) is 11.4 Å². The van der Waals surface area contributed by atoms with Gasteiger partial charge in [0.05, 0.1) is 19.4 Å². The van der Waals surface area contributed by atoms with Crippen molar-refractivity contribution in [3.8, 4) is 17.2 Å². The predicted octanol–water partition coefficient (Wildman–Crippen LogP) is 2.82. The van der Waals surface area contributed by atoms with Crippen molar-refractivity contribution in [2.45, 2.75) is 12.8 Å². The lowest BCUT2D eigenvalue weighted by Gasteiger charge is -2.18. The van der Waals surface area contributed by atoms with E-state index in [0.29, 0.717) is 36.6 Å². The number of fused-ring (bicyclic) bond motifs is 1. The van der Waals surface area contributed by atoms with Crippen LogP contribution >= 0.6 is 0 Å². The van der Waals surface area contributed by atoms with E-state index in [1.807, 2.05) is 24.3 Å². The minimum Gasteiger partial charge on any atom is -0.497 e. The zero-order valence-corrected chi connectivity index (χ0v) is 14.4. The second-order valence-corrected chi connectivity index (χ2v) is 5.72. The number of amides is 2. The van der Waals surface area contributed by atoms with Gasteiger partial charge in [-0.25, -0.2) is 0 Å². The number of carbonyl (C=O) groups is 2. The Bertz CT molecular complexity index is 789. The van der Waals surface area contributed by atoms with Crippen LogP contribution in [0.3, 0.4) is 0 Å². The number of anilines is 2. The van der Waals surface area contributed by atoms with Gasteiger partial charge in [0.15, 0.2) is 6.61 Å². The van der Waals surface area contributed by atoms with E-state index in [-0.39, 0.29) is 18.4 Å². The number of rotatable bonds is 7. The lowest BCUT2D eigenvalue weighted by Crippen LogP contribution is -2.25. The molecular formula is C19H20N2O5. The summed E-state index contributed by atoms with van der Waals surface area (Å²) in [6, 6.07) is 12.4. The Hall–Kier alpha value is -3.22. The van der Waals surface area contributed by atoms with Crippen LogP contribution in [0.2, 0.25) is 0 Å². The van der Waals surface area contributed by atoms with Crippen LogP contribution in [0.5, 0.6) is 17.2 Å². The first-order chi connectivity index (χ1) is 12.6. The van der Waals surface area contributed by atoms with Crippen LogP contribution in [0.25, 0.3) is 0 Å². The molecule has 0 unspecified atom stereocenters. The highest BCUT2D eigenvalue weighted by molar-refractivity contribution is 5.97. The zero-order chi connectivity index (χ0) is 18.4. The molecule has 0 saturated carbocycles. The standard InChI is InChI=1S/C19H20N2O5/c1-24-14-5-7-15(8-6-14)25-10-2-3-18(22)20-13-4-9-17-16(11-13)21-19(23)12-26-17/h4-9,11H,2-3,10,12H2,1H3,(H,20,22)(H,21,23). The second kappa shape index (κ2) is 8.24. The smallest absolute Gasteiger partial charge is 0.262 e. The van der Waals surface area contributed by atoms with E-state index in [4.69, 9.17) is 14.2 Å². The van der Waals surface area contributed by atoms with Crippen LogP contribution in [0.15, 0.2) is 42.5 Å². The first-order valence-corrected chi connectivity index (χ1v) is 8.27. The fourth-order valence-corrected chi connectivity index (χ4v) is 2.48. The summed E-state index contributed by atoms with van der Waals surface area (Å²) in [5, 5.41) is 5.51. The van der Waals surface area contributed by atoms with Crippen molar-refractivity contribution < 1.29 is 23.8 Å². The van der Waals surface area contributed by atoms with E-state index in [1.165, 1.54) is 0 Å². The molecule has 3 rings (SSSR count).